The van der Waals surface area contributed by atoms with Gasteiger partial charge in [-0.15, -0.1) is 0 Å². The summed E-state index contributed by atoms with van der Waals surface area (Å²) in [5.41, 5.74) is 3.21. The molecule has 1 heterocycles. The minimum Gasteiger partial charge on any atom is -0.490 e. The van der Waals surface area contributed by atoms with Crippen LogP contribution in [0.4, 0.5) is 19.3 Å². The fourth-order valence-electron chi connectivity index (χ4n) is 2.63. The molecule has 2 aromatic carbocycles. The SMILES string of the molecule is CCOc1cc(/C=C2\SC(=S)N(NC(=O)Nc3ccc(Cl)c(Cl)c3)C2=O)ccc1OC(F)F. The topological polar surface area (TPSA) is 79.9 Å². The fraction of sp³-hybridized carbons (Fsp3) is 0.150. The lowest BCUT2D eigenvalue weighted by atomic mass is 10.2. The van der Waals surface area contributed by atoms with Gasteiger partial charge in [-0.05, 0) is 61.1 Å². The number of benzene rings is 2. The van der Waals surface area contributed by atoms with Crippen molar-refractivity contribution in [2.45, 2.75) is 13.5 Å². The highest BCUT2D eigenvalue weighted by molar-refractivity contribution is 8.26. The van der Waals surface area contributed by atoms with Crippen molar-refractivity contribution in [1.82, 2.24) is 10.4 Å². The van der Waals surface area contributed by atoms with Gasteiger partial charge in [0.1, 0.15) is 0 Å². The molecule has 0 saturated carbocycles. The maximum atomic E-state index is 12.7. The van der Waals surface area contributed by atoms with Gasteiger partial charge in [0.25, 0.3) is 5.91 Å². The van der Waals surface area contributed by atoms with Crippen molar-refractivity contribution in [3.63, 3.8) is 0 Å². The van der Waals surface area contributed by atoms with Crippen molar-refractivity contribution < 1.29 is 27.8 Å². The molecule has 174 valence electrons. The van der Waals surface area contributed by atoms with E-state index in [0.717, 1.165) is 16.8 Å². The number of alkyl halides is 2. The number of anilines is 1. The number of hydrogen-bond acceptors (Lipinski definition) is 6. The number of thiocarbonyl (C=S) groups is 1. The van der Waals surface area contributed by atoms with Crippen LogP contribution in [0.2, 0.25) is 10.0 Å². The smallest absolute Gasteiger partial charge is 0.387 e. The summed E-state index contributed by atoms with van der Waals surface area (Å²) in [5.74, 6) is -0.599. The molecule has 33 heavy (non-hydrogen) atoms. The summed E-state index contributed by atoms with van der Waals surface area (Å²) in [4.78, 5) is 25.2. The minimum atomic E-state index is -3.01. The van der Waals surface area contributed by atoms with E-state index in [-0.39, 0.29) is 32.4 Å². The van der Waals surface area contributed by atoms with Gasteiger partial charge in [0.15, 0.2) is 15.8 Å². The highest BCUT2D eigenvalue weighted by Crippen LogP contribution is 2.35. The second kappa shape index (κ2) is 11.0. The molecule has 3 amide bonds. The van der Waals surface area contributed by atoms with Gasteiger partial charge in [-0.25, -0.2) is 10.2 Å². The number of carbonyl (C=O) groups is 2. The lowest BCUT2D eigenvalue weighted by molar-refractivity contribution is -0.123. The number of hydrogen-bond donors (Lipinski definition) is 2. The molecule has 1 aliphatic heterocycles. The van der Waals surface area contributed by atoms with Gasteiger partial charge < -0.3 is 14.8 Å². The lowest BCUT2D eigenvalue weighted by Gasteiger charge is -2.16. The van der Waals surface area contributed by atoms with E-state index in [1.54, 1.807) is 6.92 Å². The molecule has 0 aliphatic carbocycles. The van der Waals surface area contributed by atoms with Gasteiger partial charge in [0, 0.05) is 5.69 Å². The summed E-state index contributed by atoms with van der Waals surface area (Å²) in [7, 11) is 0. The van der Waals surface area contributed by atoms with Crippen molar-refractivity contribution in [1.29, 1.82) is 0 Å². The van der Waals surface area contributed by atoms with Crippen LogP contribution >= 0.6 is 47.2 Å². The van der Waals surface area contributed by atoms with E-state index in [1.165, 1.54) is 42.5 Å². The Hall–Kier alpha value is -2.60. The standard InChI is InChI=1S/C20H15Cl2F2N3O4S2/c1-2-30-15-7-10(3-6-14(15)31-18(23)24)8-16-17(28)27(20(32)33-16)26-19(29)25-11-4-5-12(21)13(22)9-11/h3-9,18H,2H2,1H3,(H2,25,26,29)/b16-8-. The van der Waals surface area contributed by atoms with Crippen LogP contribution in [0.15, 0.2) is 41.3 Å². The number of thioether (sulfide) groups is 1. The van der Waals surface area contributed by atoms with Crippen LogP contribution < -0.4 is 20.2 Å². The summed E-state index contributed by atoms with van der Waals surface area (Å²) in [6, 6.07) is 8.02. The molecular weight excluding hydrogens is 519 g/mol. The average molecular weight is 534 g/mol. The first-order valence-electron chi connectivity index (χ1n) is 9.20. The van der Waals surface area contributed by atoms with Gasteiger partial charge in [-0.3, -0.25) is 4.79 Å². The Morgan fingerprint density at radius 3 is 2.64 bits per heavy atom. The predicted octanol–water partition coefficient (Wildman–Crippen LogP) is 5.93. The van der Waals surface area contributed by atoms with Crippen molar-refractivity contribution in [2.75, 3.05) is 11.9 Å². The Bertz CT molecular complexity index is 1130. The van der Waals surface area contributed by atoms with Crippen molar-refractivity contribution in [3.8, 4) is 11.5 Å². The highest BCUT2D eigenvalue weighted by atomic mass is 35.5. The fourth-order valence-corrected chi connectivity index (χ4v) is 4.10. The zero-order valence-corrected chi connectivity index (χ0v) is 19.9. The van der Waals surface area contributed by atoms with Gasteiger partial charge in [0.05, 0.1) is 21.6 Å². The summed E-state index contributed by atoms with van der Waals surface area (Å²) >= 11 is 17.9. The first-order chi connectivity index (χ1) is 15.7. The van der Waals surface area contributed by atoms with Crippen LogP contribution in [-0.2, 0) is 4.79 Å². The van der Waals surface area contributed by atoms with Crippen molar-refractivity contribution >= 4 is 75.2 Å². The molecule has 1 aliphatic rings. The Balaban J connectivity index is 1.73. The lowest BCUT2D eigenvalue weighted by Crippen LogP contribution is -2.46. The first-order valence-corrected chi connectivity index (χ1v) is 11.2. The maximum absolute atomic E-state index is 12.7. The molecular formula is C20H15Cl2F2N3O4S2. The normalized spacial score (nSPS) is 14.7. The Labute approximate surface area is 207 Å². The maximum Gasteiger partial charge on any atom is 0.387 e. The number of nitrogens with one attached hydrogen (secondary N) is 2. The Morgan fingerprint density at radius 1 is 1.21 bits per heavy atom. The molecule has 1 saturated heterocycles. The van der Waals surface area contributed by atoms with Gasteiger partial charge >= 0.3 is 12.6 Å². The van der Waals surface area contributed by atoms with Crippen molar-refractivity contribution in [2.24, 2.45) is 0 Å². The Morgan fingerprint density at radius 2 is 1.97 bits per heavy atom. The summed E-state index contributed by atoms with van der Waals surface area (Å²) in [6.45, 7) is -1.09. The van der Waals surface area contributed by atoms with Gasteiger partial charge in [-0.2, -0.15) is 13.8 Å². The zero-order chi connectivity index (χ0) is 24.1. The number of halogens is 4. The number of carbonyl (C=O) groups excluding carboxylic acids is 2. The number of nitrogens with zero attached hydrogens (tertiary/aromatic N) is 1. The molecule has 7 nitrogen and oxygen atoms in total. The summed E-state index contributed by atoms with van der Waals surface area (Å²) in [6.07, 6.45) is 1.49. The van der Waals surface area contributed by atoms with Crippen LogP contribution in [-0.4, -0.2) is 34.5 Å². The van der Waals surface area contributed by atoms with E-state index in [0.29, 0.717) is 16.3 Å². The molecule has 2 N–H and O–H groups in total. The van der Waals surface area contributed by atoms with Crippen LogP contribution in [0.25, 0.3) is 6.08 Å². The molecule has 0 spiro atoms. The summed E-state index contributed by atoms with van der Waals surface area (Å²) in [5, 5.41) is 4.01. The van der Waals surface area contributed by atoms with Crippen molar-refractivity contribution in [3.05, 3.63) is 56.9 Å². The van der Waals surface area contributed by atoms with E-state index < -0.39 is 18.5 Å². The molecule has 0 aromatic heterocycles. The molecule has 0 atom stereocenters. The van der Waals surface area contributed by atoms with E-state index in [2.05, 4.69) is 15.5 Å². The molecule has 2 aromatic rings. The van der Waals surface area contributed by atoms with Crippen LogP contribution in [0, 0.1) is 0 Å². The third kappa shape index (κ3) is 6.47. The number of ether oxygens (including phenoxy) is 2. The summed E-state index contributed by atoms with van der Waals surface area (Å²) < 4.78 is 35.0. The second-order valence-electron chi connectivity index (χ2n) is 6.23. The molecule has 0 bridgehead atoms. The predicted molar refractivity (Wildman–Crippen MR) is 128 cm³/mol. The molecule has 3 rings (SSSR count). The third-order valence-corrected chi connectivity index (χ3v) is 6.01. The number of hydrazine groups is 1. The van der Waals surface area contributed by atoms with E-state index in [4.69, 9.17) is 40.2 Å². The largest absolute Gasteiger partial charge is 0.490 e. The number of urea groups is 1. The number of rotatable bonds is 7. The monoisotopic (exact) mass is 533 g/mol. The van der Waals surface area contributed by atoms with Crippen LogP contribution in [0.3, 0.4) is 0 Å². The zero-order valence-electron chi connectivity index (χ0n) is 16.7. The average Bonchev–Trinajstić information content (AvgIpc) is 3.00. The number of amides is 3. The molecule has 1 fully saturated rings. The van der Waals surface area contributed by atoms with Gasteiger partial charge in [0.2, 0.25) is 0 Å². The quantitative estimate of drug-likeness (QED) is 0.339. The van der Waals surface area contributed by atoms with Crippen LogP contribution in [0.1, 0.15) is 12.5 Å². The van der Waals surface area contributed by atoms with E-state index >= 15 is 0 Å². The van der Waals surface area contributed by atoms with E-state index in [9.17, 15) is 18.4 Å². The highest BCUT2D eigenvalue weighted by Gasteiger charge is 2.33. The van der Waals surface area contributed by atoms with Crippen LogP contribution in [0.5, 0.6) is 11.5 Å². The molecule has 13 heteroatoms. The minimum absolute atomic E-state index is 0.0956. The molecule has 0 unspecified atom stereocenters. The second-order valence-corrected chi connectivity index (χ2v) is 8.72. The first kappa shape index (κ1) is 25.0. The molecule has 0 radical (unpaired) electrons. The Kier molecular flexibility index (Phi) is 8.35. The van der Waals surface area contributed by atoms with Gasteiger partial charge in [-0.1, -0.05) is 41.0 Å². The third-order valence-electron chi connectivity index (χ3n) is 3.97. The van der Waals surface area contributed by atoms with E-state index in [1.807, 2.05) is 0 Å².